The number of nitrogens with two attached hydrogens (primary N) is 1. The summed E-state index contributed by atoms with van der Waals surface area (Å²) >= 11 is 0. The van der Waals surface area contributed by atoms with E-state index in [1.54, 1.807) is 6.07 Å². The van der Waals surface area contributed by atoms with Crippen molar-refractivity contribution in [3.05, 3.63) is 47.2 Å². The summed E-state index contributed by atoms with van der Waals surface area (Å²) < 4.78 is 18.9. The second-order valence-electron chi connectivity index (χ2n) is 6.95. The Bertz CT molecular complexity index is 984. The largest absolute Gasteiger partial charge is 0.378 e. The first kappa shape index (κ1) is 19.1. The number of H-pyrrole nitrogens is 1. The van der Waals surface area contributed by atoms with Crippen LogP contribution in [0.15, 0.2) is 24.4 Å². The van der Waals surface area contributed by atoms with Gasteiger partial charge in [0.1, 0.15) is 17.5 Å². The summed E-state index contributed by atoms with van der Waals surface area (Å²) in [5.41, 5.74) is 8.48. The molecule has 0 saturated carbocycles. The molecule has 0 radical (unpaired) electrons. The van der Waals surface area contributed by atoms with Crippen molar-refractivity contribution >= 4 is 23.4 Å². The molecular formula is C19H23FN8O. The second-order valence-corrected chi connectivity index (χ2v) is 6.95. The highest BCUT2D eigenvalue weighted by Crippen LogP contribution is 2.37. The van der Waals surface area contributed by atoms with Crippen LogP contribution in [-0.4, -0.2) is 51.5 Å². The summed E-state index contributed by atoms with van der Waals surface area (Å²) in [4.78, 5) is 15.4. The van der Waals surface area contributed by atoms with Gasteiger partial charge in [-0.3, -0.25) is 10.1 Å². The minimum absolute atomic E-state index is 0.157. The van der Waals surface area contributed by atoms with Crippen molar-refractivity contribution < 1.29 is 9.13 Å². The molecule has 0 unspecified atom stereocenters. The SMILES string of the molecule is Cc1cc(Nc2nc(N)nc(N3CCOCC3)c2[C@H](C)c2ccc(F)cn2)n[nH]1. The van der Waals surface area contributed by atoms with Crippen molar-refractivity contribution in [2.45, 2.75) is 19.8 Å². The number of hydrogen-bond donors (Lipinski definition) is 3. The van der Waals surface area contributed by atoms with E-state index in [0.717, 1.165) is 11.3 Å². The lowest BCUT2D eigenvalue weighted by atomic mass is 9.97. The number of pyridine rings is 1. The van der Waals surface area contributed by atoms with Crippen LogP contribution in [0.25, 0.3) is 0 Å². The third-order valence-corrected chi connectivity index (χ3v) is 4.83. The molecule has 4 heterocycles. The van der Waals surface area contributed by atoms with E-state index >= 15 is 0 Å². The normalized spacial score (nSPS) is 15.3. The van der Waals surface area contributed by atoms with Gasteiger partial charge >= 0.3 is 0 Å². The van der Waals surface area contributed by atoms with Gasteiger partial charge in [-0.15, -0.1) is 0 Å². The molecule has 9 nitrogen and oxygen atoms in total. The molecule has 1 atom stereocenters. The van der Waals surface area contributed by atoms with E-state index in [9.17, 15) is 4.39 Å². The van der Waals surface area contributed by atoms with Gasteiger partial charge in [-0.05, 0) is 19.1 Å². The fourth-order valence-electron chi connectivity index (χ4n) is 3.38. The van der Waals surface area contributed by atoms with Gasteiger partial charge in [0.15, 0.2) is 5.82 Å². The van der Waals surface area contributed by atoms with Crippen molar-refractivity contribution in [3.8, 4) is 0 Å². The topological polar surface area (TPSA) is 118 Å². The van der Waals surface area contributed by atoms with E-state index in [1.807, 2.05) is 19.9 Å². The molecule has 152 valence electrons. The third kappa shape index (κ3) is 4.11. The number of hydrogen-bond acceptors (Lipinski definition) is 8. The number of aromatic amines is 1. The van der Waals surface area contributed by atoms with Gasteiger partial charge in [-0.2, -0.15) is 15.1 Å². The lowest BCUT2D eigenvalue weighted by Gasteiger charge is -2.31. The number of rotatable bonds is 5. The highest BCUT2D eigenvalue weighted by molar-refractivity contribution is 5.68. The van der Waals surface area contributed by atoms with Gasteiger partial charge in [0.2, 0.25) is 5.95 Å². The summed E-state index contributed by atoms with van der Waals surface area (Å²) in [5, 5.41) is 10.4. The molecule has 0 spiro atoms. The minimum Gasteiger partial charge on any atom is -0.378 e. The Hall–Kier alpha value is -3.27. The standard InChI is InChI=1S/C19H23FN8O/c1-11-9-15(27-26-11)23-17-16(12(2)14-4-3-13(20)10-22-14)18(25-19(21)24-17)28-5-7-29-8-6-28/h3-4,9-10,12H,5-8H2,1-2H3,(H4,21,23,24,25,26,27)/t12-/m1/s1. The maximum absolute atomic E-state index is 13.4. The molecule has 0 amide bonds. The van der Waals surface area contributed by atoms with Crippen LogP contribution in [0.1, 0.15) is 29.8 Å². The Morgan fingerprint density at radius 2 is 2.07 bits per heavy atom. The number of anilines is 4. The number of halogens is 1. The molecule has 3 aromatic heterocycles. The first-order valence-corrected chi connectivity index (χ1v) is 9.42. The van der Waals surface area contributed by atoms with Gasteiger partial charge in [0, 0.05) is 42.0 Å². The molecule has 0 aromatic carbocycles. The van der Waals surface area contributed by atoms with Crippen LogP contribution in [0.4, 0.5) is 27.8 Å². The molecule has 1 saturated heterocycles. The summed E-state index contributed by atoms with van der Waals surface area (Å²) in [6.45, 7) is 6.49. The molecule has 29 heavy (non-hydrogen) atoms. The molecule has 4 N–H and O–H groups in total. The average Bonchev–Trinajstić information content (AvgIpc) is 3.13. The van der Waals surface area contributed by atoms with Crippen LogP contribution < -0.4 is 16.0 Å². The van der Waals surface area contributed by atoms with Crippen LogP contribution in [0, 0.1) is 12.7 Å². The molecule has 4 rings (SSSR count). The number of morpholine rings is 1. The minimum atomic E-state index is -0.381. The Morgan fingerprint density at radius 1 is 1.28 bits per heavy atom. The highest BCUT2D eigenvalue weighted by atomic mass is 19.1. The number of ether oxygens (including phenoxy) is 1. The maximum Gasteiger partial charge on any atom is 0.223 e. The number of aromatic nitrogens is 5. The van der Waals surface area contributed by atoms with Crippen LogP contribution in [0.3, 0.4) is 0 Å². The van der Waals surface area contributed by atoms with Crippen molar-refractivity contribution in [2.75, 3.05) is 42.3 Å². The van der Waals surface area contributed by atoms with Gasteiger partial charge in [0.25, 0.3) is 0 Å². The van der Waals surface area contributed by atoms with E-state index in [4.69, 9.17) is 10.5 Å². The van der Waals surface area contributed by atoms with E-state index in [1.165, 1.54) is 12.3 Å². The fraction of sp³-hybridized carbons (Fsp3) is 0.368. The van der Waals surface area contributed by atoms with Crippen molar-refractivity contribution in [2.24, 2.45) is 0 Å². The van der Waals surface area contributed by atoms with Gasteiger partial charge in [0.05, 0.1) is 19.4 Å². The van der Waals surface area contributed by atoms with E-state index in [2.05, 4.69) is 35.4 Å². The van der Waals surface area contributed by atoms with Crippen LogP contribution >= 0.6 is 0 Å². The Balaban J connectivity index is 1.82. The molecular weight excluding hydrogens is 375 g/mol. The predicted molar refractivity (Wildman–Crippen MR) is 108 cm³/mol. The summed E-state index contributed by atoms with van der Waals surface area (Å²) in [5.74, 6) is 1.45. The molecule has 1 fully saturated rings. The van der Waals surface area contributed by atoms with Crippen LogP contribution in [-0.2, 0) is 4.74 Å². The smallest absolute Gasteiger partial charge is 0.223 e. The Morgan fingerprint density at radius 3 is 2.72 bits per heavy atom. The Kier molecular flexibility index (Phi) is 5.26. The van der Waals surface area contributed by atoms with E-state index < -0.39 is 0 Å². The first-order chi connectivity index (χ1) is 14.0. The summed E-state index contributed by atoms with van der Waals surface area (Å²) in [6, 6.07) is 4.94. The molecule has 0 aliphatic carbocycles. The molecule has 3 aromatic rings. The van der Waals surface area contributed by atoms with Crippen molar-refractivity contribution in [1.29, 1.82) is 0 Å². The molecule has 10 heteroatoms. The van der Waals surface area contributed by atoms with Gasteiger partial charge in [-0.25, -0.2) is 4.39 Å². The first-order valence-electron chi connectivity index (χ1n) is 9.42. The summed E-state index contributed by atoms with van der Waals surface area (Å²) in [7, 11) is 0. The van der Waals surface area contributed by atoms with Crippen molar-refractivity contribution in [3.63, 3.8) is 0 Å². The van der Waals surface area contributed by atoms with E-state index in [-0.39, 0.29) is 17.7 Å². The zero-order valence-electron chi connectivity index (χ0n) is 16.3. The molecule has 0 bridgehead atoms. The monoisotopic (exact) mass is 398 g/mol. The molecule has 1 aliphatic heterocycles. The Labute approximate surface area is 167 Å². The number of nitrogen functional groups attached to an aromatic ring is 1. The van der Waals surface area contributed by atoms with Gasteiger partial charge in [-0.1, -0.05) is 6.92 Å². The van der Waals surface area contributed by atoms with E-state index in [0.29, 0.717) is 49.5 Å². The fourth-order valence-corrected chi connectivity index (χ4v) is 3.38. The highest BCUT2D eigenvalue weighted by Gasteiger charge is 2.26. The maximum atomic E-state index is 13.4. The predicted octanol–water partition coefficient (Wildman–Crippen LogP) is 2.36. The lowest BCUT2D eigenvalue weighted by molar-refractivity contribution is 0.122. The second kappa shape index (κ2) is 8.00. The van der Waals surface area contributed by atoms with Crippen LogP contribution in [0.5, 0.6) is 0 Å². The lowest BCUT2D eigenvalue weighted by Crippen LogP contribution is -2.38. The number of nitrogens with zero attached hydrogens (tertiary/aromatic N) is 5. The quantitative estimate of drug-likeness (QED) is 0.599. The third-order valence-electron chi connectivity index (χ3n) is 4.83. The number of nitrogens with one attached hydrogen (secondary N) is 2. The van der Waals surface area contributed by atoms with Crippen molar-refractivity contribution in [1.82, 2.24) is 25.1 Å². The zero-order chi connectivity index (χ0) is 20.4. The van der Waals surface area contributed by atoms with Gasteiger partial charge < -0.3 is 20.7 Å². The summed E-state index contributed by atoms with van der Waals surface area (Å²) in [6.07, 6.45) is 1.21. The number of aryl methyl sites for hydroxylation is 1. The van der Waals surface area contributed by atoms with Crippen LogP contribution in [0.2, 0.25) is 0 Å². The zero-order valence-corrected chi connectivity index (χ0v) is 16.3. The molecule has 1 aliphatic rings. The average molecular weight is 398 g/mol.